The van der Waals surface area contributed by atoms with Gasteiger partial charge in [-0.25, -0.2) is 0 Å². The fourth-order valence-electron chi connectivity index (χ4n) is 2.78. The largest absolute Gasteiger partial charge is 0.507 e. The van der Waals surface area contributed by atoms with E-state index in [1.807, 2.05) is 12.1 Å². The summed E-state index contributed by atoms with van der Waals surface area (Å²) >= 11 is 1.46. The van der Waals surface area contributed by atoms with E-state index in [1.54, 1.807) is 26.2 Å². The van der Waals surface area contributed by atoms with E-state index in [0.29, 0.717) is 17.4 Å². The van der Waals surface area contributed by atoms with Gasteiger partial charge in [0, 0.05) is 12.7 Å². The molecular formula is C16H16O4S. The number of carbonyl (C=O) groups excluding carboxylic acids is 1. The Kier molecular flexibility index (Phi) is 3.55. The quantitative estimate of drug-likeness (QED) is 0.892. The van der Waals surface area contributed by atoms with Gasteiger partial charge in [0.25, 0.3) is 0 Å². The first-order valence-corrected chi connectivity index (χ1v) is 7.62. The van der Waals surface area contributed by atoms with Crippen LogP contribution in [0, 0.1) is 0 Å². The van der Waals surface area contributed by atoms with Crippen molar-refractivity contribution in [3.8, 4) is 11.5 Å². The van der Waals surface area contributed by atoms with Crippen LogP contribution in [0.15, 0.2) is 24.3 Å². The molecule has 1 aliphatic rings. The van der Waals surface area contributed by atoms with E-state index in [4.69, 9.17) is 4.74 Å². The van der Waals surface area contributed by atoms with Gasteiger partial charge in [0.15, 0.2) is 0 Å². The number of methoxy groups -OCH3 is 1. The van der Waals surface area contributed by atoms with Gasteiger partial charge in [0.1, 0.15) is 22.7 Å². The number of carbonyl (C=O) groups is 1. The van der Waals surface area contributed by atoms with Gasteiger partial charge in [-0.2, -0.15) is 0 Å². The molecule has 0 aliphatic carbocycles. The van der Waals surface area contributed by atoms with Crippen LogP contribution in [0.25, 0.3) is 10.8 Å². The van der Waals surface area contributed by atoms with Crippen molar-refractivity contribution in [3.63, 3.8) is 0 Å². The molecule has 1 aliphatic heterocycles. The van der Waals surface area contributed by atoms with E-state index < -0.39 is 0 Å². The predicted molar refractivity (Wildman–Crippen MR) is 82.8 cm³/mol. The summed E-state index contributed by atoms with van der Waals surface area (Å²) in [6.45, 7) is 1.55. The van der Waals surface area contributed by atoms with Gasteiger partial charge in [0.05, 0.1) is 10.6 Å². The fraction of sp³-hybridized carbons (Fsp3) is 0.312. The van der Waals surface area contributed by atoms with Crippen molar-refractivity contribution >= 4 is 28.3 Å². The van der Waals surface area contributed by atoms with Crippen LogP contribution in [0.5, 0.6) is 11.5 Å². The molecule has 0 amide bonds. The normalized spacial score (nSPS) is 21.2. The molecule has 0 unspecified atom stereocenters. The van der Waals surface area contributed by atoms with Crippen molar-refractivity contribution in [1.29, 1.82) is 0 Å². The molecule has 2 N–H and O–H groups in total. The summed E-state index contributed by atoms with van der Waals surface area (Å²) in [5.74, 6) is 0.151. The van der Waals surface area contributed by atoms with Gasteiger partial charge in [-0.05, 0) is 36.4 Å². The molecule has 0 radical (unpaired) electrons. The maximum Gasteiger partial charge on any atom is 0.143 e. The summed E-state index contributed by atoms with van der Waals surface area (Å²) in [4.78, 5) is 11.7. The highest BCUT2D eigenvalue weighted by Crippen LogP contribution is 2.48. The number of aromatic hydroxyl groups is 2. The van der Waals surface area contributed by atoms with Crippen molar-refractivity contribution in [2.75, 3.05) is 7.11 Å². The third kappa shape index (κ3) is 2.26. The van der Waals surface area contributed by atoms with Crippen molar-refractivity contribution in [3.05, 3.63) is 35.4 Å². The fourth-order valence-corrected chi connectivity index (χ4v) is 4.00. The van der Waals surface area contributed by atoms with Gasteiger partial charge in [0.2, 0.25) is 0 Å². The minimum absolute atomic E-state index is 0.0411. The molecule has 21 heavy (non-hydrogen) atoms. The number of fused-ring (bicyclic) bond motifs is 2. The summed E-state index contributed by atoms with van der Waals surface area (Å²) < 4.78 is 5.47. The number of hydrogen-bond acceptors (Lipinski definition) is 5. The van der Waals surface area contributed by atoms with E-state index in [0.717, 1.165) is 10.9 Å². The Morgan fingerprint density at radius 3 is 2.81 bits per heavy atom. The maximum atomic E-state index is 11.7. The zero-order valence-corrected chi connectivity index (χ0v) is 12.6. The van der Waals surface area contributed by atoms with E-state index in [9.17, 15) is 15.0 Å². The first-order chi connectivity index (χ1) is 10.0. The van der Waals surface area contributed by atoms with Crippen LogP contribution in [-0.4, -0.2) is 28.4 Å². The lowest BCUT2D eigenvalue weighted by atomic mass is 9.94. The molecule has 4 nitrogen and oxygen atoms in total. The molecule has 0 bridgehead atoms. The Bertz CT molecular complexity index is 726. The van der Waals surface area contributed by atoms with E-state index in [-0.39, 0.29) is 28.0 Å². The number of ketones is 1. The molecule has 1 heterocycles. The van der Waals surface area contributed by atoms with Crippen LogP contribution < -0.4 is 0 Å². The standard InChI is InChI=1S/C16H16O4S/c1-8(17)13-7-10-11(16(20-2)21-13)6-9-4-3-5-12(18)14(9)15(10)19/h3-6,13,16,18-19H,7H2,1-2H3/t13-,16-/m0/s1. The highest BCUT2D eigenvalue weighted by Gasteiger charge is 2.33. The molecule has 3 rings (SSSR count). The monoisotopic (exact) mass is 304 g/mol. The number of Topliss-reactive ketones (excluding diaryl/α,β-unsaturated/α-hetero) is 1. The lowest BCUT2D eigenvalue weighted by Crippen LogP contribution is -2.24. The number of rotatable bonds is 2. The van der Waals surface area contributed by atoms with E-state index in [2.05, 4.69) is 0 Å². The van der Waals surface area contributed by atoms with Gasteiger partial charge in [-0.1, -0.05) is 12.1 Å². The summed E-state index contributed by atoms with van der Waals surface area (Å²) in [6, 6.07) is 7.03. The van der Waals surface area contributed by atoms with Crippen LogP contribution in [0.4, 0.5) is 0 Å². The lowest BCUT2D eigenvalue weighted by molar-refractivity contribution is -0.116. The summed E-state index contributed by atoms with van der Waals surface area (Å²) in [5, 5.41) is 21.5. The Labute approximate surface area is 126 Å². The zero-order valence-electron chi connectivity index (χ0n) is 11.8. The molecule has 0 saturated carbocycles. The highest BCUT2D eigenvalue weighted by molar-refractivity contribution is 8.00. The third-order valence-corrected chi connectivity index (χ3v) is 5.38. The number of thioether (sulfide) groups is 1. The van der Waals surface area contributed by atoms with Crippen molar-refractivity contribution in [2.24, 2.45) is 0 Å². The maximum absolute atomic E-state index is 11.7. The van der Waals surface area contributed by atoms with Crippen molar-refractivity contribution < 1.29 is 19.7 Å². The molecule has 110 valence electrons. The average molecular weight is 304 g/mol. The number of benzene rings is 2. The topological polar surface area (TPSA) is 66.8 Å². The van der Waals surface area contributed by atoms with E-state index in [1.165, 1.54) is 11.8 Å². The first kappa shape index (κ1) is 14.2. The molecular weight excluding hydrogens is 288 g/mol. The molecule has 0 saturated heterocycles. The SMILES string of the molecule is CO[C@H]1S[C@H](C(C)=O)Cc2c1cc1cccc(O)c1c2O. The van der Waals surface area contributed by atoms with Crippen molar-refractivity contribution in [1.82, 2.24) is 0 Å². The molecule has 0 aromatic heterocycles. The van der Waals surface area contributed by atoms with Gasteiger partial charge in [-0.15, -0.1) is 11.8 Å². The summed E-state index contributed by atoms with van der Waals surface area (Å²) in [5.41, 5.74) is 1.27. The number of phenols is 2. The third-order valence-electron chi connectivity index (χ3n) is 3.86. The minimum Gasteiger partial charge on any atom is -0.507 e. The smallest absolute Gasteiger partial charge is 0.143 e. The molecule has 0 spiro atoms. The second kappa shape index (κ2) is 5.24. The molecule has 2 atom stereocenters. The first-order valence-electron chi connectivity index (χ1n) is 6.68. The predicted octanol–water partition coefficient (Wildman–Crippen LogP) is 3.14. The second-order valence-corrected chi connectivity index (χ2v) is 6.44. The highest BCUT2D eigenvalue weighted by atomic mass is 32.2. The zero-order chi connectivity index (χ0) is 15.1. The van der Waals surface area contributed by atoms with Gasteiger partial charge >= 0.3 is 0 Å². The molecule has 2 aromatic rings. The molecule has 2 aromatic carbocycles. The number of phenolic OH excluding ortho intramolecular Hbond substituents is 2. The Hall–Kier alpha value is -1.72. The molecule has 5 heteroatoms. The van der Waals surface area contributed by atoms with Gasteiger partial charge in [-0.3, -0.25) is 4.79 Å². The van der Waals surface area contributed by atoms with Crippen LogP contribution in [-0.2, 0) is 16.0 Å². The summed E-state index contributed by atoms with van der Waals surface area (Å²) in [7, 11) is 1.59. The Morgan fingerprint density at radius 2 is 2.14 bits per heavy atom. The Balaban J connectivity index is 2.26. The lowest BCUT2D eigenvalue weighted by Gasteiger charge is -2.30. The minimum atomic E-state index is -0.291. The van der Waals surface area contributed by atoms with Gasteiger partial charge < -0.3 is 14.9 Å². The number of hydrogen-bond donors (Lipinski definition) is 2. The van der Waals surface area contributed by atoms with Crippen molar-refractivity contribution in [2.45, 2.75) is 24.0 Å². The van der Waals surface area contributed by atoms with Crippen LogP contribution in [0.3, 0.4) is 0 Å². The second-order valence-electron chi connectivity index (χ2n) is 5.18. The van der Waals surface area contributed by atoms with Crippen LogP contribution >= 0.6 is 11.8 Å². The summed E-state index contributed by atoms with van der Waals surface area (Å²) in [6.07, 6.45) is 0.450. The van der Waals surface area contributed by atoms with Crippen LogP contribution in [0.1, 0.15) is 23.5 Å². The van der Waals surface area contributed by atoms with Crippen LogP contribution in [0.2, 0.25) is 0 Å². The Morgan fingerprint density at radius 1 is 1.38 bits per heavy atom. The average Bonchev–Trinajstić information content (AvgIpc) is 2.46. The number of ether oxygens (including phenoxy) is 1. The molecule has 0 fully saturated rings. The van der Waals surface area contributed by atoms with E-state index >= 15 is 0 Å².